The van der Waals surface area contributed by atoms with Gasteiger partial charge in [0.25, 0.3) is 0 Å². The zero-order chi connectivity index (χ0) is 25.7. The highest BCUT2D eigenvalue weighted by Gasteiger charge is 2.13. The van der Waals surface area contributed by atoms with Crippen LogP contribution in [0.1, 0.15) is 83.5 Å². The second-order valence-corrected chi connectivity index (χ2v) is 14.0. The van der Waals surface area contributed by atoms with Gasteiger partial charge in [-0.05, 0) is 149 Å². The lowest BCUT2D eigenvalue weighted by Gasteiger charge is -1.95. The summed E-state index contributed by atoms with van der Waals surface area (Å²) in [6.07, 6.45) is 18.5. The minimum absolute atomic E-state index is 1.35. The molecule has 0 radical (unpaired) electrons. The third-order valence-corrected chi connectivity index (χ3v) is 12.9. The Labute approximate surface area is 231 Å². The molecule has 4 aromatic heterocycles. The van der Waals surface area contributed by atoms with E-state index in [9.17, 15) is 0 Å². The van der Waals surface area contributed by atoms with E-state index in [0.717, 1.165) is 0 Å². The Kier molecular flexibility index (Phi) is 6.99. The average Bonchev–Trinajstić information content (AvgIpc) is 3.49. The molecular weight excluding hydrogens is 513 g/mol. The first-order valence-corrected chi connectivity index (χ1v) is 15.5. The third-order valence-electron chi connectivity index (χ3n) is 7.63. The zero-order valence-corrected chi connectivity index (χ0v) is 25.5. The van der Waals surface area contributed by atoms with Crippen molar-refractivity contribution in [2.75, 3.05) is 0 Å². The van der Waals surface area contributed by atoms with Crippen LogP contribution in [-0.4, -0.2) is 0 Å². The molecule has 4 aromatic rings. The largest absolute Gasteiger partial charge is 0.136 e. The topological polar surface area (TPSA) is 0 Å². The Morgan fingerprint density at radius 3 is 0.472 bits per heavy atom. The molecule has 5 heterocycles. The normalized spacial score (nSPS) is 16.7. The van der Waals surface area contributed by atoms with Crippen molar-refractivity contribution in [3.63, 3.8) is 0 Å². The molecular formula is C32H32S4. The van der Waals surface area contributed by atoms with E-state index in [1.165, 1.54) is 83.5 Å². The molecule has 0 aromatic carbocycles. The molecule has 4 heteroatoms. The monoisotopic (exact) mass is 544 g/mol. The summed E-state index contributed by atoms with van der Waals surface area (Å²) in [5, 5.41) is 0. The van der Waals surface area contributed by atoms with E-state index in [1.807, 2.05) is 45.3 Å². The smallest absolute Gasteiger partial charge is 0.0309 e. The average molecular weight is 545 g/mol. The fourth-order valence-electron chi connectivity index (χ4n) is 4.44. The fraction of sp³-hybridized carbons (Fsp3) is 0.250. The highest BCUT2D eigenvalue weighted by molar-refractivity contribution is 7.16. The molecule has 5 rings (SSSR count). The van der Waals surface area contributed by atoms with E-state index in [2.05, 4.69) is 104 Å². The zero-order valence-electron chi connectivity index (χ0n) is 22.3. The van der Waals surface area contributed by atoms with Gasteiger partial charge in [0.05, 0.1) is 0 Å². The van der Waals surface area contributed by atoms with Crippen LogP contribution in [0.4, 0.5) is 0 Å². The summed E-state index contributed by atoms with van der Waals surface area (Å²) >= 11 is 7.57. The van der Waals surface area contributed by atoms with Crippen molar-refractivity contribution in [1.82, 2.24) is 0 Å². The van der Waals surface area contributed by atoms with Gasteiger partial charge in [-0.1, -0.05) is 0 Å². The molecule has 0 unspecified atom stereocenters. The van der Waals surface area contributed by atoms with Gasteiger partial charge >= 0.3 is 0 Å². The maximum atomic E-state index is 2.32. The molecule has 36 heavy (non-hydrogen) atoms. The maximum absolute atomic E-state index is 2.32. The van der Waals surface area contributed by atoms with Gasteiger partial charge < -0.3 is 0 Å². The minimum Gasteiger partial charge on any atom is -0.136 e. The Morgan fingerprint density at radius 1 is 0.250 bits per heavy atom. The van der Waals surface area contributed by atoms with Crippen molar-refractivity contribution in [1.29, 1.82) is 0 Å². The van der Waals surface area contributed by atoms with Crippen molar-refractivity contribution in [2.45, 2.75) is 55.4 Å². The number of hydrogen-bond donors (Lipinski definition) is 0. The van der Waals surface area contributed by atoms with Crippen LogP contribution in [0.25, 0.3) is 48.6 Å². The Bertz CT molecular complexity index is 1250. The lowest BCUT2D eigenvalue weighted by Crippen LogP contribution is -1.78. The first kappa shape index (κ1) is 25.4. The van der Waals surface area contributed by atoms with Gasteiger partial charge in [0.2, 0.25) is 0 Å². The van der Waals surface area contributed by atoms with Crippen molar-refractivity contribution in [3.05, 3.63) is 83.5 Å². The molecule has 184 valence electrons. The molecule has 0 fully saturated rings. The fourth-order valence-corrected chi connectivity index (χ4v) is 8.93. The van der Waals surface area contributed by atoms with Gasteiger partial charge in [0.15, 0.2) is 0 Å². The van der Waals surface area contributed by atoms with Crippen LogP contribution in [0.5, 0.6) is 0 Å². The van der Waals surface area contributed by atoms with Crippen LogP contribution < -0.4 is 0 Å². The molecule has 0 saturated heterocycles. The second kappa shape index (κ2) is 9.90. The molecule has 0 nitrogen and oxygen atoms in total. The van der Waals surface area contributed by atoms with Gasteiger partial charge in [0.1, 0.15) is 0 Å². The molecule has 0 atom stereocenters. The Hall–Kier alpha value is -2.24. The molecule has 8 bridgehead atoms. The van der Waals surface area contributed by atoms with E-state index >= 15 is 0 Å². The predicted molar refractivity (Wildman–Crippen MR) is 171 cm³/mol. The number of rotatable bonds is 0. The number of hydrogen-bond acceptors (Lipinski definition) is 4. The predicted octanol–water partition coefficient (Wildman–Crippen LogP) is 11.4. The van der Waals surface area contributed by atoms with E-state index in [1.54, 1.807) is 0 Å². The lowest BCUT2D eigenvalue weighted by atomic mass is 10.1. The van der Waals surface area contributed by atoms with Crippen LogP contribution in [0.15, 0.2) is 0 Å². The quantitative estimate of drug-likeness (QED) is 0.182. The van der Waals surface area contributed by atoms with E-state index in [0.29, 0.717) is 0 Å². The summed E-state index contributed by atoms with van der Waals surface area (Å²) in [4.78, 5) is 10.8. The SMILES string of the molecule is Cc1c2sc(c1C)/C=C\c1sc(c(C)c1C)/C=C\c1sc(c(C)c1C)/C=C\c1sc(c(C)c1C)/C=C\2. The van der Waals surface area contributed by atoms with E-state index < -0.39 is 0 Å². The van der Waals surface area contributed by atoms with Crippen LogP contribution in [-0.2, 0) is 0 Å². The summed E-state index contributed by atoms with van der Waals surface area (Å²) in [5.41, 5.74) is 11.1. The molecule has 1 aliphatic rings. The molecule has 0 N–H and O–H groups in total. The van der Waals surface area contributed by atoms with Crippen molar-refractivity contribution >= 4 is 94.0 Å². The summed E-state index contributed by atoms with van der Waals surface area (Å²) < 4.78 is 0. The molecule has 0 amide bonds. The van der Waals surface area contributed by atoms with Gasteiger partial charge in [-0.2, -0.15) is 0 Å². The van der Waals surface area contributed by atoms with Crippen LogP contribution in [0.3, 0.4) is 0 Å². The minimum atomic E-state index is 1.35. The van der Waals surface area contributed by atoms with Crippen molar-refractivity contribution < 1.29 is 0 Å². The molecule has 0 spiro atoms. The Morgan fingerprint density at radius 2 is 0.361 bits per heavy atom. The summed E-state index contributed by atoms with van der Waals surface area (Å²) in [5.74, 6) is 0. The highest BCUT2D eigenvalue weighted by atomic mass is 32.1. The summed E-state index contributed by atoms with van der Waals surface area (Å²) in [6.45, 7) is 18.0. The van der Waals surface area contributed by atoms with E-state index in [4.69, 9.17) is 0 Å². The number of fused-ring (bicyclic) bond motifs is 8. The van der Waals surface area contributed by atoms with Crippen LogP contribution in [0, 0.1) is 55.4 Å². The molecule has 0 saturated carbocycles. The molecule has 1 aliphatic heterocycles. The maximum Gasteiger partial charge on any atom is 0.0309 e. The van der Waals surface area contributed by atoms with Crippen LogP contribution in [0.2, 0.25) is 0 Å². The first-order valence-electron chi connectivity index (χ1n) is 12.3. The Balaban J connectivity index is 1.69. The van der Waals surface area contributed by atoms with Crippen molar-refractivity contribution in [2.24, 2.45) is 0 Å². The van der Waals surface area contributed by atoms with Gasteiger partial charge in [0, 0.05) is 39.0 Å². The van der Waals surface area contributed by atoms with Gasteiger partial charge in [-0.15, -0.1) is 45.3 Å². The number of thiophene rings is 4. The third kappa shape index (κ3) is 4.50. The standard InChI is InChI=1S/C32H32S4/c1-17-18(2)26-11-12-28-21(5)22(6)30(35-28)15-16-32-24(8)23(7)31(36-32)14-13-29-20(4)19(3)27(34-29)10-9-25(17)33-26/h9-16H,1-8H3/b10-9-,12-11-,14-13-,16-15-,25-9?,26-11?,27-10?,28-12?,29-13?,30-15?,31-14?,32-16?. The first-order chi connectivity index (χ1) is 17.2. The van der Waals surface area contributed by atoms with Crippen molar-refractivity contribution in [3.8, 4) is 0 Å². The van der Waals surface area contributed by atoms with Crippen LogP contribution >= 0.6 is 45.3 Å². The summed E-state index contributed by atoms with van der Waals surface area (Å²) in [7, 11) is 0. The van der Waals surface area contributed by atoms with Gasteiger partial charge in [-0.3, -0.25) is 0 Å². The highest BCUT2D eigenvalue weighted by Crippen LogP contribution is 2.37. The lowest BCUT2D eigenvalue weighted by molar-refractivity contribution is 1.38. The second-order valence-electron chi connectivity index (χ2n) is 9.66. The van der Waals surface area contributed by atoms with Gasteiger partial charge in [-0.25, -0.2) is 0 Å². The molecule has 0 aliphatic carbocycles. The summed E-state index contributed by atoms with van der Waals surface area (Å²) in [6, 6.07) is 0. The van der Waals surface area contributed by atoms with E-state index in [-0.39, 0.29) is 0 Å².